The van der Waals surface area contributed by atoms with Crippen molar-refractivity contribution in [2.45, 2.75) is 129 Å². The Labute approximate surface area is 204 Å². The summed E-state index contributed by atoms with van der Waals surface area (Å²) in [7, 11) is 0. The van der Waals surface area contributed by atoms with E-state index in [1.807, 2.05) is 0 Å². The number of rotatable bonds is 23. The van der Waals surface area contributed by atoms with Crippen LogP contribution in [-0.4, -0.2) is 49.7 Å². The zero-order valence-electron chi connectivity index (χ0n) is 21.1. The average molecular weight is 487 g/mol. The number of aliphatic carboxylic acids is 3. The van der Waals surface area contributed by atoms with Gasteiger partial charge in [-0.2, -0.15) is 0 Å². The summed E-state index contributed by atoms with van der Waals surface area (Å²) in [5.74, 6) is -8.90. The van der Waals surface area contributed by atoms with E-state index >= 15 is 0 Å². The lowest BCUT2D eigenvalue weighted by atomic mass is 9.71. The largest absolute Gasteiger partial charge is 0.481 e. The number of ketones is 1. The van der Waals surface area contributed by atoms with Gasteiger partial charge in [-0.1, -0.05) is 97.3 Å². The topological polar surface area (TPSA) is 149 Å². The second-order valence-electron chi connectivity index (χ2n) is 9.47. The van der Waals surface area contributed by atoms with E-state index in [4.69, 9.17) is 5.11 Å². The molecule has 0 aliphatic heterocycles. The van der Waals surface area contributed by atoms with Crippen LogP contribution in [0.1, 0.15) is 123 Å². The summed E-state index contributed by atoms with van der Waals surface area (Å²) >= 11 is 0. The van der Waals surface area contributed by atoms with Gasteiger partial charge in [0.05, 0.1) is 6.42 Å². The van der Waals surface area contributed by atoms with Crippen LogP contribution in [0.15, 0.2) is 0 Å². The molecule has 0 amide bonds. The van der Waals surface area contributed by atoms with Gasteiger partial charge in [0.1, 0.15) is 11.7 Å². The number of hydrogen-bond acceptors (Lipinski definition) is 5. The van der Waals surface area contributed by atoms with Gasteiger partial charge in [-0.05, 0) is 12.8 Å². The third-order valence-electron chi connectivity index (χ3n) is 6.53. The molecule has 0 aromatic carbocycles. The quantitative estimate of drug-likeness (QED) is 0.139. The average Bonchev–Trinajstić information content (AvgIpc) is 2.75. The van der Waals surface area contributed by atoms with Crippen molar-refractivity contribution < 1.29 is 39.6 Å². The van der Waals surface area contributed by atoms with Crippen molar-refractivity contribution in [2.24, 2.45) is 11.8 Å². The summed E-state index contributed by atoms with van der Waals surface area (Å²) in [4.78, 5) is 48.1. The molecule has 0 heterocycles. The zero-order valence-corrected chi connectivity index (χ0v) is 21.1. The van der Waals surface area contributed by atoms with Crippen LogP contribution in [0, 0.1) is 11.8 Å². The van der Waals surface area contributed by atoms with Crippen LogP contribution in [0.2, 0.25) is 0 Å². The molecular formula is C26H46O8. The molecule has 0 spiro atoms. The molecule has 0 saturated carbocycles. The van der Waals surface area contributed by atoms with Gasteiger partial charge in [0, 0.05) is 12.3 Å². The first-order valence-corrected chi connectivity index (χ1v) is 13.0. The molecule has 0 aromatic rings. The van der Waals surface area contributed by atoms with E-state index in [2.05, 4.69) is 13.8 Å². The minimum Gasteiger partial charge on any atom is -0.481 e. The summed E-state index contributed by atoms with van der Waals surface area (Å²) in [6.07, 6.45) is 12.5. The van der Waals surface area contributed by atoms with E-state index < -0.39 is 47.5 Å². The standard InChI is InChI=1S/C26H46O8/c1-3-5-7-9-10-11-12-14-15-17-20(21(27)18-16-13-8-6-4-2)23(24(30)31)26(34,25(32)33)19-22(28)29/h20,23,34H,3-19H2,1-2H3,(H,28,29)(H,30,31)(H,32,33). The Morgan fingerprint density at radius 1 is 0.676 bits per heavy atom. The first-order chi connectivity index (χ1) is 16.1. The van der Waals surface area contributed by atoms with E-state index in [0.717, 1.165) is 51.4 Å². The Balaban J connectivity index is 5.30. The molecule has 0 radical (unpaired) electrons. The van der Waals surface area contributed by atoms with Crippen LogP contribution in [-0.2, 0) is 19.2 Å². The lowest BCUT2D eigenvalue weighted by molar-refractivity contribution is -0.184. The molecule has 0 aromatic heterocycles. The van der Waals surface area contributed by atoms with Gasteiger partial charge in [-0.25, -0.2) is 4.79 Å². The van der Waals surface area contributed by atoms with Crippen LogP contribution in [0.3, 0.4) is 0 Å². The second-order valence-corrected chi connectivity index (χ2v) is 9.47. The van der Waals surface area contributed by atoms with Gasteiger partial charge < -0.3 is 20.4 Å². The summed E-state index contributed by atoms with van der Waals surface area (Å²) in [5.41, 5.74) is -3.06. The lowest BCUT2D eigenvalue weighted by Crippen LogP contribution is -2.55. The Bertz CT molecular complexity index is 618. The zero-order chi connectivity index (χ0) is 26.0. The Morgan fingerprint density at radius 2 is 1.12 bits per heavy atom. The smallest absolute Gasteiger partial charge is 0.337 e. The summed E-state index contributed by atoms with van der Waals surface area (Å²) in [5, 5.41) is 39.2. The highest BCUT2D eigenvalue weighted by molar-refractivity contribution is 5.94. The summed E-state index contributed by atoms with van der Waals surface area (Å²) in [6.45, 7) is 4.23. The highest BCUT2D eigenvalue weighted by Crippen LogP contribution is 2.34. The highest BCUT2D eigenvalue weighted by atomic mass is 16.4. The summed E-state index contributed by atoms with van der Waals surface area (Å²) in [6, 6.07) is 0. The fraction of sp³-hybridized carbons (Fsp3) is 0.846. The second kappa shape index (κ2) is 18.4. The third-order valence-corrected chi connectivity index (χ3v) is 6.53. The van der Waals surface area contributed by atoms with E-state index in [1.165, 1.54) is 25.7 Å². The monoisotopic (exact) mass is 486 g/mol. The van der Waals surface area contributed by atoms with Crippen molar-refractivity contribution in [3.63, 3.8) is 0 Å². The number of Topliss-reactive ketones (excluding diaryl/α,β-unsaturated/α-hetero) is 1. The highest BCUT2D eigenvalue weighted by Gasteiger charge is 2.54. The lowest BCUT2D eigenvalue weighted by Gasteiger charge is -2.33. The van der Waals surface area contributed by atoms with Gasteiger partial charge in [-0.3, -0.25) is 14.4 Å². The van der Waals surface area contributed by atoms with E-state index in [-0.39, 0.29) is 12.8 Å². The van der Waals surface area contributed by atoms with Crippen molar-refractivity contribution in [3.8, 4) is 0 Å². The first-order valence-electron chi connectivity index (χ1n) is 13.0. The molecule has 8 heteroatoms. The first kappa shape index (κ1) is 32.0. The van der Waals surface area contributed by atoms with Crippen LogP contribution in [0.5, 0.6) is 0 Å². The molecule has 0 saturated heterocycles. The van der Waals surface area contributed by atoms with Crippen LogP contribution in [0.25, 0.3) is 0 Å². The van der Waals surface area contributed by atoms with Gasteiger partial charge in [0.2, 0.25) is 0 Å². The van der Waals surface area contributed by atoms with Gasteiger partial charge in [-0.15, -0.1) is 0 Å². The number of carboxylic acid groups (broad SMARTS) is 3. The molecule has 3 atom stereocenters. The van der Waals surface area contributed by atoms with Gasteiger partial charge in [0.15, 0.2) is 5.60 Å². The molecular weight excluding hydrogens is 440 g/mol. The minimum absolute atomic E-state index is 0.0956. The van der Waals surface area contributed by atoms with Crippen molar-refractivity contribution in [3.05, 3.63) is 0 Å². The molecule has 0 aliphatic rings. The number of unbranched alkanes of at least 4 members (excludes halogenated alkanes) is 12. The van der Waals surface area contributed by atoms with E-state index in [1.54, 1.807) is 0 Å². The maximum atomic E-state index is 13.0. The maximum Gasteiger partial charge on any atom is 0.337 e. The number of hydrogen-bond donors (Lipinski definition) is 4. The maximum absolute atomic E-state index is 13.0. The van der Waals surface area contributed by atoms with Crippen molar-refractivity contribution in [2.75, 3.05) is 0 Å². The number of carboxylic acids is 3. The molecule has 34 heavy (non-hydrogen) atoms. The predicted molar refractivity (Wildman–Crippen MR) is 130 cm³/mol. The fourth-order valence-electron chi connectivity index (χ4n) is 4.53. The van der Waals surface area contributed by atoms with Crippen LogP contribution < -0.4 is 0 Å². The number of carbonyl (C=O) groups excluding carboxylic acids is 1. The molecule has 3 unspecified atom stereocenters. The predicted octanol–water partition coefficient (Wildman–Crippen LogP) is 5.44. The normalized spacial score (nSPS) is 14.8. The molecule has 0 bridgehead atoms. The molecule has 0 fully saturated rings. The van der Waals surface area contributed by atoms with E-state index in [0.29, 0.717) is 12.8 Å². The summed E-state index contributed by atoms with van der Waals surface area (Å²) < 4.78 is 0. The molecule has 8 nitrogen and oxygen atoms in total. The van der Waals surface area contributed by atoms with Crippen molar-refractivity contribution >= 4 is 23.7 Å². The SMILES string of the molecule is CCCCCCCCCCCC(C(=O)CCCCCCC)C(C(=O)O)C(O)(CC(=O)O)C(=O)O. The van der Waals surface area contributed by atoms with Crippen LogP contribution >= 0.6 is 0 Å². The molecule has 0 aliphatic carbocycles. The molecule has 4 N–H and O–H groups in total. The van der Waals surface area contributed by atoms with Gasteiger partial charge >= 0.3 is 17.9 Å². The number of carbonyl (C=O) groups is 4. The third kappa shape index (κ3) is 12.5. The Hall–Kier alpha value is -1.96. The van der Waals surface area contributed by atoms with Crippen molar-refractivity contribution in [1.29, 1.82) is 0 Å². The Morgan fingerprint density at radius 3 is 1.53 bits per heavy atom. The van der Waals surface area contributed by atoms with Crippen LogP contribution in [0.4, 0.5) is 0 Å². The van der Waals surface area contributed by atoms with Gasteiger partial charge in [0.25, 0.3) is 0 Å². The molecule has 198 valence electrons. The van der Waals surface area contributed by atoms with E-state index in [9.17, 15) is 34.5 Å². The number of aliphatic hydroxyl groups is 1. The fourth-order valence-corrected chi connectivity index (χ4v) is 4.53. The Kier molecular flexibility index (Phi) is 17.3. The minimum atomic E-state index is -3.06. The molecule has 0 rings (SSSR count). The van der Waals surface area contributed by atoms with Crippen molar-refractivity contribution in [1.82, 2.24) is 0 Å².